The van der Waals surface area contributed by atoms with Crippen LogP contribution in [0.4, 0.5) is 20.5 Å². The van der Waals surface area contributed by atoms with Gasteiger partial charge in [-0.15, -0.1) is 0 Å². The van der Waals surface area contributed by atoms with E-state index < -0.39 is 15.8 Å². The Labute approximate surface area is 222 Å². The van der Waals surface area contributed by atoms with Gasteiger partial charge >= 0.3 is 0 Å². The molecule has 3 aliphatic heterocycles. The summed E-state index contributed by atoms with van der Waals surface area (Å²) < 4.78 is 63.9. The fourth-order valence-corrected chi connectivity index (χ4v) is 7.12. The van der Waals surface area contributed by atoms with Crippen molar-refractivity contribution in [3.8, 4) is 11.5 Å². The average molecular weight is 554 g/mol. The number of rotatable bonds is 9. The second kappa shape index (κ2) is 11.3. The van der Waals surface area contributed by atoms with Crippen LogP contribution in [0.15, 0.2) is 12.1 Å². The molecule has 0 aliphatic carbocycles. The van der Waals surface area contributed by atoms with Gasteiger partial charge in [-0.1, -0.05) is 0 Å². The van der Waals surface area contributed by atoms with Crippen molar-refractivity contribution in [1.82, 2.24) is 14.9 Å². The van der Waals surface area contributed by atoms with Crippen molar-refractivity contribution in [2.24, 2.45) is 0 Å². The smallest absolute Gasteiger partial charge is 0.251 e. The fraction of sp³-hybridized carbons (Fsp3) is 0.692. The number of hydrogen-bond acceptors (Lipinski definition) is 9. The molecule has 1 aromatic heterocycles. The number of ether oxygens (including phenoxy) is 2. The lowest BCUT2D eigenvalue weighted by molar-refractivity contribution is -0.0222. The normalized spacial score (nSPS) is 23.4. The molecular weight excluding hydrogens is 516 g/mol. The van der Waals surface area contributed by atoms with E-state index in [9.17, 15) is 17.2 Å². The van der Waals surface area contributed by atoms with Crippen LogP contribution in [-0.2, 0) is 9.84 Å². The molecule has 0 amide bonds. The van der Waals surface area contributed by atoms with Crippen LogP contribution in [-0.4, -0.2) is 93.2 Å². The number of hydrogen-bond donors (Lipinski definition) is 1. The third kappa shape index (κ3) is 6.56. The number of nitrogens with one attached hydrogen (secondary N) is 1. The van der Waals surface area contributed by atoms with E-state index in [0.717, 1.165) is 26.1 Å². The number of benzene rings is 1. The van der Waals surface area contributed by atoms with Crippen LogP contribution in [0, 0.1) is 0 Å². The number of fused-ring (bicyclic) bond motifs is 1. The Bertz CT molecular complexity index is 1230. The monoisotopic (exact) mass is 553 g/mol. The highest BCUT2D eigenvalue weighted by atomic mass is 32.2. The molecule has 3 aliphatic rings. The summed E-state index contributed by atoms with van der Waals surface area (Å²) in [7, 11) is -1.56. The molecule has 0 spiro atoms. The number of alkyl halides is 2. The summed E-state index contributed by atoms with van der Waals surface area (Å²) in [6.45, 7) is 4.08. The van der Waals surface area contributed by atoms with E-state index in [4.69, 9.17) is 19.4 Å². The molecule has 4 heterocycles. The SMILES string of the molecule is COc1cc2c(NC3CCCS(=O)(=O)C3)nc(N3CCC(F)(F)CC3)nc2cc1OCCCN1CCCC1. The standard InChI is InChI=1S/C26H37F2N5O4S/c1-36-22-16-20-21(17-23(22)37-14-5-11-32-9-2-3-10-32)30-25(33-12-7-26(27,28)8-13-33)31-24(20)29-19-6-4-15-38(34,35)18-19/h16-17,19H,2-15,18H2,1H3,(H,29,30,31). The molecule has 9 nitrogen and oxygen atoms in total. The summed E-state index contributed by atoms with van der Waals surface area (Å²) in [6, 6.07) is 3.31. The molecule has 0 saturated carbocycles. The van der Waals surface area contributed by atoms with Crippen molar-refractivity contribution in [2.45, 2.75) is 56.9 Å². The first-order chi connectivity index (χ1) is 18.2. The largest absolute Gasteiger partial charge is 0.493 e. The maximum absolute atomic E-state index is 13.8. The third-order valence-electron chi connectivity index (χ3n) is 7.63. The molecule has 1 aromatic carbocycles. The Balaban J connectivity index is 1.42. The Morgan fingerprint density at radius 1 is 1.08 bits per heavy atom. The summed E-state index contributed by atoms with van der Waals surface area (Å²) in [5, 5.41) is 3.99. The Kier molecular flexibility index (Phi) is 8.08. The quantitative estimate of drug-likeness (QED) is 0.466. The van der Waals surface area contributed by atoms with Crippen LogP contribution in [0.5, 0.6) is 11.5 Å². The second-order valence-corrected chi connectivity index (χ2v) is 12.8. The topological polar surface area (TPSA) is 96.9 Å². The van der Waals surface area contributed by atoms with Crippen LogP contribution in [0.1, 0.15) is 44.9 Å². The van der Waals surface area contributed by atoms with E-state index >= 15 is 0 Å². The molecule has 1 atom stereocenters. The number of nitrogens with zero attached hydrogens (tertiary/aromatic N) is 4. The van der Waals surface area contributed by atoms with Crippen LogP contribution < -0.4 is 19.7 Å². The lowest BCUT2D eigenvalue weighted by Crippen LogP contribution is -2.40. The van der Waals surface area contributed by atoms with E-state index in [2.05, 4.69) is 10.2 Å². The molecule has 1 unspecified atom stereocenters. The number of halogens is 2. The van der Waals surface area contributed by atoms with E-state index in [1.165, 1.54) is 12.8 Å². The van der Waals surface area contributed by atoms with Gasteiger partial charge in [-0.3, -0.25) is 0 Å². The van der Waals surface area contributed by atoms with Crippen LogP contribution in [0.3, 0.4) is 0 Å². The lowest BCUT2D eigenvalue weighted by Gasteiger charge is -2.32. The highest BCUT2D eigenvalue weighted by molar-refractivity contribution is 7.91. The molecule has 3 fully saturated rings. The van der Waals surface area contributed by atoms with Crippen molar-refractivity contribution in [3.63, 3.8) is 0 Å². The molecule has 38 heavy (non-hydrogen) atoms. The molecule has 5 rings (SSSR count). The van der Waals surface area contributed by atoms with Gasteiger partial charge in [0.25, 0.3) is 5.92 Å². The Hall–Kier alpha value is -2.47. The first-order valence-corrected chi connectivity index (χ1v) is 15.4. The van der Waals surface area contributed by atoms with Gasteiger partial charge in [0.15, 0.2) is 21.3 Å². The van der Waals surface area contributed by atoms with Crippen molar-refractivity contribution < 1.29 is 26.7 Å². The zero-order valence-electron chi connectivity index (χ0n) is 21.9. The fourth-order valence-electron chi connectivity index (χ4n) is 5.49. The molecule has 12 heteroatoms. The number of likely N-dealkylation sites (tertiary alicyclic amines) is 1. The van der Waals surface area contributed by atoms with Gasteiger partial charge < -0.3 is 24.6 Å². The van der Waals surface area contributed by atoms with Crippen LogP contribution in [0.2, 0.25) is 0 Å². The first-order valence-electron chi connectivity index (χ1n) is 13.6. The predicted molar refractivity (Wildman–Crippen MR) is 144 cm³/mol. The van der Waals surface area contributed by atoms with E-state index in [1.807, 2.05) is 0 Å². The minimum atomic E-state index is -3.14. The van der Waals surface area contributed by atoms with Crippen molar-refractivity contribution in [2.75, 3.05) is 68.2 Å². The molecular formula is C26H37F2N5O4S. The van der Waals surface area contributed by atoms with Gasteiger partial charge in [0.05, 0.1) is 30.7 Å². The minimum absolute atomic E-state index is 0.0269. The number of sulfone groups is 1. The Morgan fingerprint density at radius 3 is 2.55 bits per heavy atom. The van der Waals surface area contributed by atoms with Crippen molar-refractivity contribution in [1.29, 1.82) is 0 Å². The van der Waals surface area contributed by atoms with Gasteiger partial charge in [-0.2, -0.15) is 4.98 Å². The number of piperidine rings is 1. The van der Waals surface area contributed by atoms with Gasteiger partial charge in [0.2, 0.25) is 5.95 Å². The second-order valence-electron chi connectivity index (χ2n) is 10.6. The summed E-state index contributed by atoms with van der Waals surface area (Å²) in [6.07, 6.45) is 4.15. The minimum Gasteiger partial charge on any atom is -0.493 e. The van der Waals surface area contributed by atoms with Crippen LogP contribution in [0.25, 0.3) is 10.9 Å². The van der Waals surface area contributed by atoms with E-state index in [0.29, 0.717) is 53.6 Å². The molecule has 3 saturated heterocycles. The summed E-state index contributed by atoms with van der Waals surface area (Å²) in [5.74, 6) is -0.556. The van der Waals surface area contributed by atoms with Crippen LogP contribution >= 0.6 is 0 Å². The van der Waals surface area contributed by atoms with Gasteiger partial charge in [0, 0.05) is 50.0 Å². The number of aromatic nitrogens is 2. The average Bonchev–Trinajstić information content (AvgIpc) is 3.39. The zero-order chi connectivity index (χ0) is 26.8. The lowest BCUT2D eigenvalue weighted by atomic mass is 10.1. The highest BCUT2D eigenvalue weighted by Gasteiger charge is 2.35. The zero-order valence-corrected chi connectivity index (χ0v) is 22.7. The van der Waals surface area contributed by atoms with Crippen molar-refractivity contribution >= 4 is 32.5 Å². The first kappa shape index (κ1) is 27.1. The summed E-state index contributed by atoms with van der Waals surface area (Å²) >= 11 is 0. The molecule has 0 radical (unpaired) electrons. The Morgan fingerprint density at radius 2 is 1.84 bits per heavy atom. The summed E-state index contributed by atoms with van der Waals surface area (Å²) in [5.41, 5.74) is 0.587. The molecule has 0 bridgehead atoms. The van der Waals surface area contributed by atoms with E-state index in [1.54, 1.807) is 24.1 Å². The van der Waals surface area contributed by atoms with Crippen molar-refractivity contribution in [3.05, 3.63) is 12.1 Å². The maximum Gasteiger partial charge on any atom is 0.251 e. The highest BCUT2D eigenvalue weighted by Crippen LogP contribution is 2.37. The number of anilines is 2. The number of methoxy groups -OCH3 is 1. The van der Waals surface area contributed by atoms with Gasteiger partial charge in [0.1, 0.15) is 5.82 Å². The van der Waals surface area contributed by atoms with E-state index in [-0.39, 0.29) is 43.5 Å². The molecule has 2 aromatic rings. The maximum atomic E-state index is 13.8. The third-order valence-corrected chi connectivity index (χ3v) is 9.45. The molecule has 1 N–H and O–H groups in total. The van der Waals surface area contributed by atoms with Gasteiger partial charge in [-0.25, -0.2) is 22.2 Å². The summed E-state index contributed by atoms with van der Waals surface area (Å²) in [4.78, 5) is 13.6. The predicted octanol–water partition coefficient (Wildman–Crippen LogP) is 3.73. The molecule has 210 valence electrons. The van der Waals surface area contributed by atoms with Gasteiger partial charge in [-0.05, 0) is 51.3 Å².